The summed E-state index contributed by atoms with van der Waals surface area (Å²) in [6, 6.07) is 14.0. The Kier molecular flexibility index (Phi) is 6.88. The number of ether oxygens (including phenoxy) is 2. The Bertz CT molecular complexity index is 2140. The first-order valence-electron chi connectivity index (χ1n) is 14.2. The van der Waals surface area contributed by atoms with Crippen LogP contribution in [0.3, 0.4) is 0 Å². The first kappa shape index (κ1) is 28.0. The molecule has 4 heterocycles. The van der Waals surface area contributed by atoms with Gasteiger partial charge in [-0.3, -0.25) is 19.4 Å². The van der Waals surface area contributed by atoms with E-state index < -0.39 is 23.1 Å². The number of halogens is 2. The monoisotopic (exact) mass is 608 g/mol. The van der Waals surface area contributed by atoms with Gasteiger partial charge in [0, 0.05) is 41.0 Å². The van der Waals surface area contributed by atoms with E-state index in [0.717, 1.165) is 46.6 Å². The van der Waals surface area contributed by atoms with E-state index in [1.165, 1.54) is 53.1 Å². The number of H-pyrrole nitrogens is 1. The van der Waals surface area contributed by atoms with Crippen molar-refractivity contribution in [1.82, 2.24) is 24.5 Å². The van der Waals surface area contributed by atoms with Crippen molar-refractivity contribution < 1.29 is 23.0 Å². The second-order valence-electron chi connectivity index (χ2n) is 10.8. The molecule has 0 saturated heterocycles. The van der Waals surface area contributed by atoms with Crippen LogP contribution in [0.4, 0.5) is 14.5 Å². The lowest BCUT2D eigenvalue weighted by atomic mass is 10.00. The topological polar surface area (TPSA) is 116 Å². The van der Waals surface area contributed by atoms with E-state index in [1.54, 1.807) is 32.4 Å². The van der Waals surface area contributed by atoms with Gasteiger partial charge in [-0.2, -0.15) is 10.2 Å². The van der Waals surface area contributed by atoms with Crippen LogP contribution in [0.25, 0.3) is 27.7 Å². The Morgan fingerprint density at radius 3 is 2.58 bits per heavy atom. The molecule has 45 heavy (non-hydrogen) atoms. The SMILES string of the molecule is CC(C)Oc1ccc(C(=O)Nc2ccc(Oc3cc4c5c(cnn5CC4)c3-c3cn[nH]c3)c(F)c2)c(=O)n1-c1ccc(F)cc1. The maximum Gasteiger partial charge on any atom is 0.270 e. The van der Waals surface area contributed by atoms with Gasteiger partial charge in [-0.15, -0.1) is 0 Å². The van der Waals surface area contributed by atoms with Crippen LogP contribution in [0.5, 0.6) is 17.4 Å². The van der Waals surface area contributed by atoms with Crippen LogP contribution in [0.1, 0.15) is 29.8 Å². The number of rotatable bonds is 8. The number of nitrogens with zero attached hydrogens (tertiary/aromatic N) is 4. The van der Waals surface area contributed by atoms with Crippen molar-refractivity contribution in [1.29, 1.82) is 0 Å². The normalized spacial score (nSPS) is 12.2. The fraction of sp³-hybridized carbons (Fsp3) is 0.152. The molecule has 0 unspecified atom stereocenters. The minimum absolute atomic E-state index is 0.0523. The largest absolute Gasteiger partial charge is 0.476 e. The number of aromatic nitrogens is 5. The van der Waals surface area contributed by atoms with Crippen LogP contribution in [0, 0.1) is 11.6 Å². The molecule has 0 atom stereocenters. The molecule has 12 heteroatoms. The zero-order valence-electron chi connectivity index (χ0n) is 24.2. The van der Waals surface area contributed by atoms with Crippen molar-refractivity contribution in [2.24, 2.45) is 0 Å². The average molecular weight is 609 g/mol. The molecule has 1 amide bonds. The van der Waals surface area contributed by atoms with Crippen LogP contribution < -0.4 is 20.3 Å². The number of amides is 1. The molecule has 3 aromatic carbocycles. The molecule has 0 saturated carbocycles. The van der Waals surface area contributed by atoms with Crippen molar-refractivity contribution in [2.45, 2.75) is 32.9 Å². The van der Waals surface area contributed by atoms with Crippen LogP contribution in [-0.2, 0) is 13.0 Å². The zero-order chi connectivity index (χ0) is 31.2. The molecule has 0 fully saturated rings. The van der Waals surface area contributed by atoms with E-state index in [0.29, 0.717) is 11.4 Å². The lowest BCUT2D eigenvalue weighted by molar-refractivity contribution is 0.102. The predicted octanol–water partition coefficient (Wildman–Crippen LogP) is 6.24. The fourth-order valence-electron chi connectivity index (χ4n) is 5.53. The molecule has 1 aliphatic rings. The second-order valence-corrected chi connectivity index (χ2v) is 10.8. The molecule has 0 spiro atoms. The lowest BCUT2D eigenvalue weighted by Crippen LogP contribution is -2.29. The Hall–Kier alpha value is -5.78. The number of carbonyl (C=O) groups is 1. The standard InChI is InChI=1S/C33H26F2N6O4/c1-18(2)44-29-10-8-24(33(43)41(29)23-6-3-21(34)4-7-23)32(42)39-22-5-9-27(26(35)14-22)45-28-13-19-11-12-40-31(19)25(17-38-40)30(28)20-15-36-37-16-20/h3-10,13-18H,11-12H2,1-2H3,(H,36,37)(H,39,42). The molecular formula is C33H26F2N6O4. The third-order valence-corrected chi connectivity index (χ3v) is 7.49. The number of carbonyl (C=O) groups excluding carboxylic acids is 1. The molecule has 10 nitrogen and oxygen atoms in total. The van der Waals surface area contributed by atoms with E-state index in [2.05, 4.69) is 20.6 Å². The summed E-state index contributed by atoms with van der Waals surface area (Å²) in [6.45, 7) is 4.33. The van der Waals surface area contributed by atoms with E-state index in [9.17, 15) is 14.0 Å². The quantitative estimate of drug-likeness (QED) is 0.211. The Morgan fingerprint density at radius 1 is 1.02 bits per heavy atom. The number of anilines is 1. The lowest BCUT2D eigenvalue weighted by Gasteiger charge is -2.17. The van der Waals surface area contributed by atoms with Crippen molar-refractivity contribution in [3.63, 3.8) is 0 Å². The maximum atomic E-state index is 15.5. The third kappa shape index (κ3) is 5.09. The third-order valence-electron chi connectivity index (χ3n) is 7.49. The molecule has 3 aromatic heterocycles. The van der Waals surface area contributed by atoms with E-state index in [-0.39, 0.29) is 29.0 Å². The Morgan fingerprint density at radius 2 is 1.84 bits per heavy atom. The highest BCUT2D eigenvalue weighted by atomic mass is 19.1. The fourth-order valence-corrected chi connectivity index (χ4v) is 5.53. The summed E-state index contributed by atoms with van der Waals surface area (Å²) in [6.07, 6.45) is 5.68. The first-order chi connectivity index (χ1) is 21.8. The summed E-state index contributed by atoms with van der Waals surface area (Å²) < 4.78 is 44.1. The van der Waals surface area contributed by atoms with Gasteiger partial charge in [0.2, 0.25) is 5.88 Å². The van der Waals surface area contributed by atoms with Crippen LogP contribution in [0.2, 0.25) is 0 Å². The summed E-state index contributed by atoms with van der Waals surface area (Å²) in [5, 5.41) is 14.8. The highest BCUT2D eigenvalue weighted by Crippen LogP contribution is 2.43. The van der Waals surface area contributed by atoms with Gasteiger partial charge in [0.25, 0.3) is 11.5 Å². The van der Waals surface area contributed by atoms with Crippen LogP contribution in [0.15, 0.2) is 84.0 Å². The van der Waals surface area contributed by atoms with Gasteiger partial charge in [-0.05, 0) is 80.4 Å². The van der Waals surface area contributed by atoms with Gasteiger partial charge >= 0.3 is 0 Å². The van der Waals surface area contributed by atoms with E-state index in [1.807, 2.05) is 10.7 Å². The van der Waals surface area contributed by atoms with Crippen molar-refractivity contribution in [3.05, 3.63) is 112 Å². The van der Waals surface area contributed by atoms with E-state index >= 15 is 4.39 Å². The second kappa shape index (κ2) is 11.1. The number of benzene rings is 3. The van der Waals surface area contributed by atoms with E-state index in [4.69, 9.17) is 9.47 Å². The average Bonchev–Trinajstić information content (AvgIpc) is 3.77. The van der Waals surface area contributed by atoms with Gasteiger partial charge in [0.05, 0.1) is 29.7 Å². The molecule has 0 bridgehead atoms. The molecule has 226 valence electrons. The highest BCUT2D eigenvalue weighted by Gasteiger charge is 2.24. The number of hydrogen-bond acceptors (Lipinski definition) is 6. The summed E-state index contributed by atoms with van der Waals surface area (Å²) in [5.74, 6) is -1.38. The van der Waals surface area contributed by atoms with Gasteiger partial charge in [0.15, 0.2) is 11.6 Å². The summed E-state index contributed by atoms with van der Waals surface area (Å²) >= 11 is 0. The number of pyridine rings is 1. The Balaban J connectivity index is 1.18. The minimum atomic E-state index is -0.757. The molecule has 6 aromatic rings. The molecule has 0 aliphatic carbocycles. The molecule has 2 N–H and O–H groups in total. The maximum absolute atomic E-state index is 15.5. The minimum Gasteiger partial charge on any atom is -0.476 e. The van der Waals surface area contributed by atoms with Crippen molar-refractivity contribution in [3.8, 4) is 34.2 Å². The molecule has 0 radical (unpaired) electrons. The summed E-state index contributed by atoms with van der Waals surface area (Å²) in [4.78, 5) is 26.7. The zero-order valence-corrected chi connectivity index (χ0v) is 24.2. The van der Waals surface area contributed by atoms with Gasteiger partial charge < -0.3 is 14.8 Å². The number of aromatic amines is 1. The summed E-state index contributed by atoms with van der Waals surface area (Å²) in [5.41, 5.74) is 3.09. The van der Waals surface area contributed by atoms with Crippen molar-refractivity contribution >= 4 is 22.5 Å². The first-order valence-corrected chi connectivity index (χ1v) is 14.2. The molecular weight excluding hydrogens is 582 g/mol. The Labute approximate surface area is 254 Å². The smallest absolute Gasteiger partial charge is 0.270 e. The number of aryl methyl sites for hydroxylation is 2. The van der Waals surface area contributed by atoms with Crippen LogP contribution in [-0.4, -0.2) is 36.6 Å². The molecule has 1 aliphatic heterocycles. The number of nitrogens with one attached hydrogen (secondary N) is 2. The predicted molar refractivity (Wildman–Crippen MR) is 163 cm³/mol. The molecule has 7 rings (SSSR count). The van der Waals surface area contributed by atoms with Gasteiger partial charge in [0.1, 0.15) is 17.1 Å². The van der Waals surface area contributed by atoms with Crippen LogP contribution >= 0.6 is 0 Å². The van der Waals surface area contributed by atoms with Gasteiger partial charge in [-0.1, -0.05) is 0 Å². The summed E-state index contributed by atoms with van der Waals surface area (Å²) in [7, 11) is 0. The number of hydrogen-bond donors (Lipinski definition) is 2. The van der Waals surface area contributed by atoms with Crippen molar-refractivity contribution in [2.75, 3.05) is 5.32 Å². The van der Waals surface area contributed by atoms with Gasteiger partial charge in [-0.25, -0.2) is 13.3 Å². The highest BCUT2D eigenvalue weighted by molar-refractivity contribution is 6.04.